The molecule has 16 heavy (non-hydrogen) atoms. The van der Waals surface area contributed by atoms with Gasteiger partial charge in [-0.1, -0.05) is 40.0 Å². The minimum Gasteiger partial charge on any atom is -0.266 e. The van der Waals surface area contributed by atoms with Crippen LogP contribution in [0.4, 0.5) is 8.78 Å². The predicted molar refractivity (Wildman–Crippen MR) is 65.6 cm³/mol. The highest BCUT2D eigenvalue weighted by molar-refractivity contribution is 4.47. The van der Waals surface area contributed by atoms with Gasteiger partial charge in [0, 0.05) is 0 Å². The Kier molecular flexibility index (Phi) is 8.81. The standard InChI is InChI=1S/C13H28F2N/c1-4-7-10-16(13(14)15,11-8-5-2)12-9-6-3/h13H,4-12H2,1-3H3/q+1. The highest BCUT2D eigenvalue weighted by atomic mass is 19.3. The van der Waals surface area contributed by atoms with E-state index in [4.69, 9.17) is 0 Å². The second-order valence-corrected chi connectivity index (χ2v) is 4.73. The van der Waals surface area contributed by atoms with Crippen LogP contribution in [0.25, 0.3) is 0 Å². The molecule has 0 aliphatic heterocycles. The van der Waals surface area contributed by atoms with Gasteiger partial charge in [0.05, 0.1) is 19.6 Å². The van der Waals surface area contributed by atoms with E-state index >= 15 is 0 Å². The van der Waals surface area contributed by atoms with Crippen LogP contribution in [0.1, 0.15) is 59.3 Å². The van der Waals surface area contributed by atoms with E-state index in [2.05, 4.69) is 20.8 Å². The molecule has 98 valence electrons. The predicted octanol–water partition coefficient (Wildman–Crippen LogP) is 4.43. The number of hydrogen-bond donors (Lipinski definition) is 0. The molecule has 0 saturated carbocycles. The average molecular weight is 236 g/mol. The largest absolute Gasteiger partial charge is 0.380 e. The molecular weight excluding hydrogens is 208 g/mol. The summed E-state index contributed by atoms with van der Waals surface area (Å²) in [5, 5.41) is 0. The molecule has 0 N–H and O–H groups in total. The summed E-state index contributed by atoms with van der Waals surface area (Å²) in [6.07, 6.45) is 5.76. The number of hydrogen-bond acceptors (Lipinski definition) is 0. The first kappa shape index (κ1) is 15.8. The number of rotatable bonds is 10. The molecule has 0 spiro atoms. The third kappa shape index (κ3) is 5.24. The van der Waals surface area contributed by atoms with Gasteiger partial charge in [0.15, 0.2) is 0 Å². The molecule has 0 aromatic carbocycles. The average Bonchev–Trinajstić information content (AvgIpc) is 2.28. The zero-order valence-electron chi connectivity index (χ0n) is 11.1. The summed E-state index contributed by atoms with van der Waals surface area (Å²) in [6.45, 7) is 5.94. The molecule has 0 heterocycles. The Labute approximate surface area is 99.4 Å². The van der Waals surface area contributed by atoms with Crippen molar-refractivity contribution in [3.05, 3.63) is 0 Å². The van der Waals surface area contributed by atoms with Crippen LogP contribution in [0.2, 0.25) is 0 Å². The minimum absolute atomic E-state index is 0.0372. The quantitative estimate of drug-likeness (QED) is 0.389. The van der Waals surface area contributed by atoms with Crippen molar-refractivity contribution in [2.75, 3.05) is 19.6 Å². The van der Waals surface area contributed by atoms with Crippen LogP contribution in [0.3, 0.4) is 0 Å². The second-order valence-electron chi connectivity index (χ2n) is 4.73. The van der Waals surface area contributed by atoms with Crippen LogP contribution in [0.15, 0.2) is 0 Å². The maximum absolute atomic E-state index is 13.3. The van der Waals surface area contributed by atoms with Crippen LogP contribution in [0.5, 0.6) is 0 Å². The van der Waals surface area contributed by atoms with Gasteiger partial charge in [-0.05, 0) is 19.3 Å². The first-order valence-electron chi connectivity index (χ1n) is 6.76. The van der Waals surface area contributed by atoms with E-state index in [9.17, 15) is 8.78 Å². The van der Waals surface area contributed by atoms with Crippen LogP contribution < -0.4 is 0 Å². The van der Waals surface area contributed by atoms with Crippen LogP contribution in [0, 0.1) is 0 Å². The first-order valence-corrected chi connectivity index (χ1v) is 6.76. The molecule has 1 nitrogen and oxygen atoms in total. The molecule has 0 saturated heterocycles. The van der Waals surface area contributed by atoms with E-state index in [1.165, 1.54) is 0 Å². The minimum atomic E-state index is -2.20. The normalized spacial score (nSPS) is 12.4. The Morgan fingerprint density at radius 1 is 0.750 bits per heavy atom. The third-order valence-electron chi connectivity index (χ3n) is 3.29. The Morgan fingerprint density at radius 3 is 1.25 bits per heavy atom. The van der Waals surface area contributed by atoms with Gasteiger partial charge >= 0.3 is 6.55 Å². The van der Waals surface area contributed by atoms with E-state index in [0.29, 0.717) is 19.6 Å². The summed E-state index contributed by atoms with van der Waals surface area (Å²) in [4.78, 5) is 0. The zero-order chi connectivity index (χ0) is 12.4. The number of nitrogens with zero attached hydrogens (tertiary/aromatic N) is 1. The van der Waals surface area contributed by atoms with E-state index in [0.717, 1.165) is 38.5 Å². The molecule has 0 atom stereocenters. The topological polar surface area (TPSA) is 0 Å². The smallest absolute Gasteiger partial charge is 0.266 e. The van der Waals surface area contributed by atoms with Crippen molar-refractivity contribution in [1.29, 1.82) is 0 Å². The van der Waals surface area contributed by atoms with Gasteiger partial charge < -0.3 is 0 Å². The van der Waals surface area contributed by atoms with Crippen molar-refractivity contribution >= 4 is 0 Å². The van der Waals surface area contributed by atoms with Gasteiger partial charge in [-0.3, -0.25) is 4.48 Å². The summed E-state index contributed by atoms with van der Waals surface area (Å²) >= 11 is 0. The number of quaternary nitrogens is 1. The Morgan fingerprint density at radius 2 is 1.06 bits per heavy atom. The van der Waals surface area contributed by atoms with Gasteiger partial charge in [-0.25, -0.2) is 0 Å². The number of unbranched alkanes of at least 4 members (excludes halogenated alkanes) is 3. The fraction of sp³-hybridized carbons (Fsp3) is 1.00. The fourth-order valence-corrected chi connectivity index (χ4v) is 2.05. The van der Waals surface area contributed by atoms with E-state index in [1.807, 2.05) is 0 Å². The lowest BCUT2D eigenvalue weighted by Crippen LogP contribution is -2.53. The molecule has 0 amide bonds. The van der Waals surface area contributed by atoms with Crippen molar-refractivity contribution in [2.24, 2.45) is 0 Å². The van der Waals surface area contributed by atoms with E-state index in [1.54, 1.807) is 0 Å². The van der Waals surface area contributed by atoms with Crippen molar-refractivity contribution in [3.8, 4) is 0 Å². The van der Waals surface area contributed by atoms with E-state index < -0.39 is 6.55 Å². The van der Waals surface area contributed by atoms with Crippen LogP contribution >= 0.6 is 0 Å². The molecule has 3 heteroatoms. The molecule has 0 aromatic heterocycles. The number of alkyl halides is 2. The molecule has 0 radical (unpaired) electrons. The van der Waals surface area contributed by atoms with Crippen molar-refractivity contribution < 1.29 is 13.3 Å². The lowest BCUT2D eigenvalue weighted by molar-refractivity contribution is -0.979. The molecule has 0 unspecified atom stereocenters. The maximum atomic E-state index is 13.3. The monoisotopic (exact) mass is 236 g/mol. The van der Waals surface area contributed by atoms with Gasteiger partial charge in [-0.15, -0.1) is 0 Å². The summed E-state index contributed by atoms with van der Waals surface area (Å²) in [7, 11) is 0. The van der Waals surface area contributed by atoms with Crippen molar-refractivity contribution in [2.45, 2.75) is 65.8 Å². The summed E-state index contributed by atoms with van der Waals surface area (Å²) in [5.74, 6) is 0. The molecule has 0 aliphatic carbocycles. The second kappa shape index (κ2) is 8.91. The van der Waals surface area contributed by atoms with Gasteiger partial charge in [-0.2, -0.15) is 8.78 Å². The third-order valence-corrected chi connectivity index (χ3v) is 3.29. The molecular formula is C13H28F2N+. The van der Waals surface area contributed by atoms with Crippen molar-refractivity contribution in [3.63, 3.8) is 0 Å². The lowest BCUT2D eigenvalue weighted by Gasteiger charge is -2.37. The van der Waals surface area contributed by atoms with Crippen molar-refractivity contribution in [1.82, 2.24) is 0 Å². The van der Waals surface area contributed by atoms with Gasteiger partial charge in [0.1, 0.15) is 0 Å². The van der Waals surface area contributed by atoms with Crippen LogP contribution in [-0.4, -0.2) is 30.7 Å². The highest BCUT2D eigenvalue weighted by Crippen LogP contribution is 2.21. The lowest BCUT2D eigenvalue weighted by atomic mass is 10.2. The summed E-state index contributed by atoms with van der Waals surface area (Å²) in [6, 6.07) is 0. The Hall–Kier alpha value is -0.180. The molecule has 0 fully saturated rings. The van der Waals surface area contributed by atoms with Gasteiger partial charge in [0.25, 0.3) is 0 Å². The molecule has 0 bridgehead atoms. The van der Waals surface area contributed by atoms with Crippen LogP contribution in [-0.2, 0) is 0 Å². The Bertz CT molecular complexity index is 138. The maximum Gasteiger partial charge on any atom is 0.380 e. The number of halogens is 2. The van der Waals surface area contributed by atoms with E-state index in [-0.39, 0.29) is 4.48 Å². The van der Waals surface area contributed by atoms with Gasteiger partial charge in [0.2, 0.25) is 0 Å². The highest BCUT2D eigenvalue weighted by Gasteiger charge is 2.35. The molecule has 0 rings (SSSR count). The summed E-state index contributed by atoms with van der Waals surface area (Å²) < 4.78 is 26.6. The first-order chi connectivity index (χ1) is 7.63. The molecule has 0 aliphatic rings. The summed E-state index contributed by atoms with van der Waals surface area (Å²) in [5.41, 5.74) is 0. The SMILES string of the molecule is CCCC[N+](CCCC)(CCCC)C(F)F. The fourth-order valence-electron chi connectivity index (χ4n) is 2.05. The Balaban J connectivity index is 4.46. The zero-order valence-corrected chi connectivity index (χ0v) is 11.1. The molecule has 0 aromatic rings.